The average molecular weight is 410 g/mol. The van der Waals surface area contributed by atoms with Crippen LogP contribution in [0.1, 0.15) is 6.42 Å². The highest BCUT2D eigenvalue weighted by Crippen LogP contribution is 2.37. The van der Waals surface area contributed by atoms with Crippen molar-refractivity contribution in [2.45, 2.75) is 18.5 Å². The van der Waals surface area contributed by atoms with Gasteiger partial charge in [-0.2, -0.15) is 10.1 Å². The second-order valence-corrected chi connectivity index (χ2v) is 8.35. The third kappa shape index (κ3) is 2.27. The first-order chi connectivity index (χ1) is 14.0. The summed E-state index contributed by atoms with van der Waals surface area (Å²) in [6.45, 7) is 1.86. The predicted octanol–water partition coefficient (Wildman–Crippen LogP) is 2.02. The van der Waals surface area contributed by atoms with Gasteiger partial charge in [0, 0.05) is 68.2 Å². The summed E-state index contributed by atoms with van der Waals surface area (Å²) in [5.41, 5.74) is 2.92. The minimum absolute atomic E-state index is 0.0680. The maximum absolute atomic E-state index is 13.3. The molecule has 0 saturated carbocycles. The standard InChI is InChI=1S/C20H20ClN7O/c1-26-9-14-15(25-26)4-3-12(17(14)21)13-8-23-18-16(13)19(29)27(2)20(24-18)28-10-5-11(28)7-22-6-10/h3-4,8-11,22-23H,5-7H2,1-2H3. The van der Waals surface area contributed by atoms with Crippen molar-refractivity contribution in [2.24, 2.45) is 14.1 Å². The van der Waals surface area contributed by atoms with E-state index in [1.165, 1.54) is 0 Å². The fraction of sp³-hybridized carbons (Fsp3) is 0.350. The van der Waals surface area contributed by atoms with Crippen molar-refractivity contribution in [2.75, 3.05) is 18.0 Å². The second kappa shape index (κ2) is 5.84. The van der Waals surface area contributed by atoms with Crippen LogP contribution in [0.15, 0.2) is 29.3 Å². The summed E-state index contributed by atoms with van der Waals surface area (Å²) in [7, 11) is 3.66. The second-order valence-electron chi connectivity index (χ2n) is 7.97. The maximum atomic E-state index is 13.3. The van der Waals surface area contributed by atoms with Crippen LogP contribution in [0.5, 0.6) is 0 Å². The number of anilines is 1. The lowest BCUT2D eigenvalue weighted by Crippen LogP contribution is -2.69. The van der Waals surface area contributed by atoms with Crippen molar-refractivity contribution < 1.29 is 0 Å². The van der Waals surface area contributed by atoms with E-state index < -0.39 is 0 Å². The van der Waals surface area contributed by atoms with E-state index in [-0.39, 0.29) is 5.56 Å². The largest absolute Gasteiger partial charge is 0.345 e. The van der Waals surface area contributed by atoms with Gasteiger partial charge in [0.1, 0.15) is 5.65 Å². The number of aromatic nitrogens is 5. The molecule has 2 atom stereocenters. The van der Waals surface area contributed by atoms with Crippen LogP contribution < -0.4 is 15.8 Å². The molecule has 6 rings (SSSR count). The molecule has 5 heterocycles. The molecule has 148 valence electrons. The number of hydrogen-bond donors (Lipinski definition) is 2. The first-order valence-electron chi connectivity index (χ1n) is 9.72. The van der Waals surface area contributed by atoms with Crippen LogP contribution in [0.25, 0.3) is 33.1 Å². The van der Waals surface area contributed by atoms with Crippen molar-refractivity contribution in [3.8, 4) is 11.1 Å². The average Bonchev–Trinajstić information content (AvgIpc) is 3.30. The number of piperazine rings is 1. The maximum Gasteiger partial charge on any atom is 0.264 e. The summed E-state index contributed by atoms with van der Waals surface area (Å²) < 4.78 is 3.40. The molecule has 2 N–H and O–H groups in total. The van der Waals surface area contributed by atoms with E-state index >= 15 is 0 Å². The van der Waals surface area contributed by atoms with Gasteiger partial charge in [-0.25, -0.2) is 0 Å². The molecule has 2 unspecified atom stereocenters. The highest BCUT2D eigenvalue weighted by atomic mass is 35.5. The monoisotopic (exact) mass is 409 g/mol. The van der Waals surface area contributed by atoms with E-state index in [2.05, 4.69) is 20.3 Å². The molecule has 2 aliphatic heterocycles. The Balaban J connectivity index is 1.54. The number of nitrogens with one attached hydrogen (secondary N) is 2. The molecular formula is C20H20ClN7O. The van der Waals surface area contributed by atoms with Crippen LogP contribution in [0.4, 0.5) is 5.95 Å². The van der Waals surface area contributed by atoms with Crippen LogP contribution in [0.3, 0.4) is 0 Å². The van der Waals surface area contributed by atoms with E-state index in [0.717, 1.165) is 47.5 Å². The van der Waals surface area contributed by atoms with Gasteiger partial charge in [-0.05, 0) is 12.5 Å². The van der Waals surface area contributed by atoms with Gasteiger partial charge in [0.2, 0.25) is 5.95 Å². The van der Waals surface area contributed by atoms with E-state index in [9.17, 15) is 4.79 Å². The molecule has 2 bridgehead atoms. The van der Waals surface area contributed by atoms with E-state index in [4.69, 9.17) is 16.6 Å². The highest BCUT2D eigenvalue weighted by Gasteiger charge is 2.43. The van der Waals surface area contributed by atoms with Crippen molar-refractivity contribution in [1.29, 1.82) is 0 Å². The molecule has 8 nitrogen and oxygen atoms in total. The third-order valence-electron chi connectivity index (χ3n) is 6.24. The van der Waals surface area contributed by atoms with Crippen LogP contribution in [0.2, 0.25) is 5.02 Å². The Morgan fingerprint density at radius 1 is 1.17 bits per heavy atom. The van der Waals surface area contributed by atoms with E-state index in [0.29, 0.717) is 28.1 Å². The fourth-order valence-corrected chi connectivity index (χ4v) is 5.10. The first-order valence-corrected chi connectivity index (χ1v) is 10.1. The Kier molecular flexibility index (Phi) is 3.43. The zero-order valence-electron chi connectivity index (χ0n) is 16.1. The van der Waals surface area contributed by atoms with E-state index in [1.807, 2.05) is 31.6 Å². The number of hydrogen-bond acceptors (Lipinski definition) is 5. The summed E-state index contributed by atoms with van der Waals surface area (Å²) in [5, 5.41) is 9.83. The topological polar surface area (TPSA) is 83.8 Å². The summed E-state index contributed by atoms with van der Waals surface area (Å²) in [6.07, 6.45) is 4.86. The van der Waals surface area contributed by atoms with Crippen LogP contribution in [0, 0.1) is 0 Å². The first kappa shape index (κ1) is 17.1. The normalized spacial score (nSPS) is 21.1. The SMILES string of the molecule is Cn1cc2c(Cl)c(-c3c[nH]c4nc(N5C6CNCC5C6)n(C)c(=O)c34)ccc2n1. The highest BCUT2D eigenvalue weighted by molar-refractivity contribution is 6.38. The Bertz CT molecular complexity index is 1340. The third-order valence-corrected chi connectivity index (χ3v) is 6.65. The Morgan fingerprint density at radius 3 is 2.72 bits per heavy atom. The minimum Gasteiger partial charge on any atom is -0.345 e. The molecule has 9 heteroatoms. The van der Waals surface area contributed by atoms with Crippen LogP contribution in [-0.2, 0) is 14.1 Å². The number of benzene rings is 1. The number of aromatic amines is 1. The quantitative estimate of drug-likeness (QED) is 0.529. The van der Waals surface area contributed by atoms with Gasteiger partial charge < -0.3 is 15.2 Å². The van der Waals surface area contributed by atoms with Gasteiger partial charge in [0.15, 0.2) is 0 Å². The number of fused-ring (bicyclic) bond motifs is 4. The molecule has 0 aliphatic carbocycles. The summed E-state index contributed by atoms with van der Waals surface area (Å²) in [5.74, 6) is 0.729. The van der Waals surface area contributed by atoms with Crippen LogP contribution in [-0.4, -0.2) is 49.5 Å². The molecule has 2 saturated heterocycles. The predicted molar refractivity (Wildman–Crippen MR) is 114 cm³/mol. The molecule has 0 radical (unpaired) electrons. The summed E-state index contributed by atoms with van der Waals surface area (Å²) in [4.78, 5) is 23.6. The van der Waals surface area contributed by atoms with Gasteiger partial charge >= 0.3 is 0 Å². The molecule has 29 heavy (non-hydrogen) atoms. The smallest absolute Gasteiger partial charge is 0.264 e. The van der Waals surface area contributed by atoms with Crippen molar-refractivity contribution in [1.82, 2.24) is 29.6 Å². The number of piperidine rings is 1. The van der Waals surface area contributed by atoms with E-state index in [1.54, 1.807) is 16.3 Å². The molecule has 2 fully saturated rings. The van der Waals surface area contributed by atoms with Gasteiger partial charge in [0.25, 0.3) is 5.56 Å². The summed E-state index contributed by atoms with van der Waals surface area (Å²) in [6, 6.07) is 4.65. The van der Waals surface area contributed by atoms with Crippen molar-refractivity contribution in [3.05, 3.63) is 39.9 Å². The molecule has 0 amide bonds. The number of H-pyrrole nitrogens is 1. The van der Waals surface area contributed by atoms with Crippen molar-refractivity contribution >= 4 is 39.5 Å². The lowest BCUT2D eigenvalue weighted by Gasteiger charge is -2.53. The number of halogens is 1. The van der Waals surface area contributed by atoms with Crippen LogP contribution >= 0.6 is 11.6 Å². The van der Waals surface area contributed by atoms with Gasteiger partial charge in [-0.15, -0.1) is 0 Å². The van der Waals surface area contributed by atoms with Gasteiger partial charge in [-0.3, -0.25) is 14.0 Å². The molecule has 4 aromatic rings. The van der Waals surface area contributed by atoms with Gasteiger partial charge in [-0.1, -0.05) is 17.7 Å². The molecule has 1 aromatic carbocycles. The molecular weight excluding hydrogens is 390 g/mol. The Morgan fingerprint density at radius 2 is 1.97 bits per heavy atom. The summed E-state index contributed by atoms with van der Waals surface area (Å²) >= 11 is 6.71. The Labute approximate surface area is 171 Å². The Hall–Kier alpha value is -2.84. The molecule has 0 spiro atoms. The number of rotatable bonds is 2. The lowest BCUT2D eigenvalue weighted by atomic mass is 9.89. The molecule has 3 aromatic heterocycles. The minimum atomic E-state index is -0.0680. The van der Waals surface area contributed by atoms with Crippen molar-refractivity contribution in [3.63, 3.8) is 0 Å². The molecule has 2 aliphatic rings. The number of aryl methyl sites for hydroxylation is 1. The zero-order valence-corrected chi connectivity index (χ0v) is 16.9. The fourth-order valence-electron chi connectivity index (χ4n) is 4.79. The lowest BCUT2D eigenvalue weighted by molar-refractivity contribution is 0.255. The van der Waals surface area contributed by atoms with Gasteiger partial charge in [0.05, 0.1) is 15.9 Å². The zero-order chi connectivity index (χ0) is 19.9. The number of nitrogens with zero attached hydrogens (tertiary/aromatic N) is 5.